The molecule has 0 atom stereocenters. The fourth-order valence-corrected chi connectivity index (χ4v) is 3.92. The van der Waals surface area contributed by atoms with E-state index < -0.39 is 12.1 Å². The summed E-state index contributed by atoms with van der Waals surface area (Å²) in [6.45, 7) is 2.16. The molecule has 0 aliphatic carbocycles. The highest BCUT2D eigenvalue weighted by atomic mass is 32.1. The van der Waals surface area contributed by atoms with Crippen LogP contribution < -0.4 is 4.90 Å². The van der Waals surface area contributed by atoms with E-state index in [0.29, 0.717) is 48.6 Å². The second-order valence-electron chi connectivity index (χ2n) is 7.07. The van der Waals surface area contributed by atoms with Crippen molar-refractivity contribution in [1.82, 2.24) is 28.8 Å². The standard InChI is InChI=1S/C19H14F3N7O2S/c20-19(21,22)18-24-16(25-31-18)12-2-4-15(23-10-12)28-5-7-29(8-6-28)17(30)11-1-3-13-14(9-11)27-32-26-13/h1-4,9-10H,5-8H2. The summed E-state index contributed by atoms with van der Waals surface area (Å²) in [6, 6.07) is 8.55. The molecule has 4 aromatic rings. The van der Waals surface area contributed by atoms with Crippen LogP contribution in [0.2, 0.25) is 0 Å². The van der Waals surface area contributed by atoms with Gasteiger partial charge < -0.3 is 14.3 Å². The number of anilines is 1. The van der Waals surface area contributed by atoms with E-state index in [0.717, 1.165) is 17.2 Å². The van der Waals surface area contributed by atoms with E-state index in [1.165, 1.54) is 6.20 Å². The van der Waals surface area contributed by atoms with Gasteiger partial charge in [-0.2, -0.15) is 26.9 Å². The maximum absolute atomic E-state index is 12.8. The number of amides is 1. The summed E-state index contributed by atoms with van der Waals surface area (Å²) in [5.41, 5.74) is 2.35. The molecule has 9 nitrogen and oxygen atoms in total. The quantitative estimate of drug-likeness (QED) is 0.459. The van der Waals surface area contributed by atoms with Gasteiger partial charge in [-0.1, -0.05) is 5.16 Å². The average molecular weight is 461 g/mol. The molecule has 1 fully saturated rings. The van der Waals surface area contributed by atoms with Gasteiger partial charge in [-0.25, -0.2) is 4.98 Å². The molecule has 3 aromatic heterocycles. The van der Waals surface area contributed by atoms with Crippen molar-refractivity contribution in [1.29, 1.82) is 0 Å². The topological polar surface area (TPSA) is 101 Å². The Kier molecular flexibility index (Phi) is 4.96. The first-order valence-electron chi connectivity index (χ1n) is 9.52. The fraction of sp³-hybridized carbons (Fsp3) is 0.263. The minimum absolute atomic E-state index is 0.0690. The molecule has 32 heavy (non-hydrogen) atoms. The molecule has 1 saturated heterocycles. The second-order valence-corrected chi connectivity index (χ2v) is 7.60. The van der Waals surface area contributed by atoms with Crippen molar-refractivity contribution in [3.8, 4) is 11.4 Å². The number of alkyl halides is 3. The van der Waals surface area contributed by atoms with Gasteiger partial charge in [-0.15, -0.1) is 0 Å². The number of rotatable bonds is 3. The van der Waals surface area contributed by atoms with Crippen molar-refractivity contribution in [3.63, 3.8) is 0 Å². The van der Waals surface area contributed by atoms with Crippen LogP contribution in [0.4, 0.5) is 19.0 Å². The lowest BCUT2D eigenvalue weighted by atomic mass is 10.1. The van der Waals surface area contributed by atoms with E-state index >= 15 is 0 Å². The number of piperazine rings is 1. The van der Waals surface area contributed by atoms with Gasteiger partial charge in [0.05, 0.1) is 11.7 Å². The maximum Gasteiger partial charge on any atom is 0.471 e. The fourth-order valence-electron chi connectivity index (χ4n) is 3.40. The van der Waals surface area contributed by atoms with Gasteiger partial charge in [0.25, 0.3) is 5.91 Å². The normalized spacial score (nSPS) is 14.8. The molecular weight excluding hydrogens is 447 g/mol. The highest BCUT2D eigenvalue weighted by molar-refractivity contribution is 7.00. The number of carbonyl (C=O) groups is 1. The minimum atomic E-state index is -4.70. The third-order valence-corrected chi connectivity index (χ3v) is 5.62. The second kappa shape index (κ2) is 7.82. The average Bonchev–Trinajstić information content (AvgIpc) is 3.48. The van der Waals surface area contributed by atoms with E-state index in [2.05, 4.69) is 28.4 Å². The first-order chi connectivity index (χ1) is 15.4. The first-order valence-corrected chi connectivity index (χ1v) is 10.3. The van der Waals surface area contributed by atoms with E-state index in [1.807, 2.05) is 4.90 Å². The van der Waals surface area contributed by atoms with Crippen molar-refractivity contribution in [2.24, 2.45) is 0 Å². The number of pyridine rings is 1. The van der Waals surface area contributed by atoms with Gasteiger partial charge in [-0.05, 0) is 30.3 Å². The van der Waals surface area contributed by atoms with E-state index in [-0.39, 0.29) is 11.7 Å². The van der Waals surface area contributed by atoms with Crippen LogP contribution in [-0.4, -0.2) is 60.9 Å². The van der Waals surface area contributed by atoms with Crippen LogP contribution in [0.1, 0.15) is 16.2 Å². The van der Waals surface area contributed by atoms with Crippen LogP contribution in [0.25, 0.3) is 22.4 Å². The summed E-state index contributed by atoms with van der Waals surface area (Å²) in [6.07, 6.45) is -3.30. The molecule has 5 rings (SSSR count). The largest absolute Gasteiger partial charge is 0.471 e. The number of nitrogens with zero attached hydrogens (tertiary/aromatic N) is 7. The zero-order chi connectivity index (χ0) is 22.3. The molecule has 164 valence electrons. The van der Waals surface area contributed by atoms with Crippen molar-refractivity contribution >= 4 is 34.5 Å². The van der Waals surface area contributed by atoms with E-state index in [1.54, 1.807) is 35.2 Å². The Labute approximate surface area is 182 Å². The summed E-state index contributed by atoms with van der Waals surface area (Å²) >= 11 is 1.11. The van der Waals surface area contributed by atoms with E-state index in [4.69, 9.17) is 0 Å². The molecule has 1 aliphatic heterocycles. The maximum atomic E-state index is 12.8. The highest BCUT2D eigenvalue weighted by Gasteiger charge is 2.38. The van der Waals surface area contributed by atoms with Crippen molar-refractivity contribution in [3.05, 3.63) is 48.0 Å². The predicted molar refractivity (Wildman–Crippen MR) is 108 cm³/mol. The number of hydrogen-bond donors (Lipinski definition) is 0. The van der Waals surface area contributed by atoms with Crippen molar-refractivity contribution in [2.75, 3.05) is 31.1 Å². The Hall–Kier alpha value is -3.61. The first kappa shape index (κ1) is 20.3. The number of halogens is 3. The molecule has 1 aliphatic rings. The van der Waals surface area contributed by atoms with Gasteiger partial charge in [0.15, 0.2) is 0 Å². The minimum Gasteiger partial charge on any atom is -0.353 e. The van der Waals surface area contributed by atoms with Gasteiger partial charge >= 0.3 is 12.1 Å². The van der Waals surface area contributed by atoms with E-state index in [9.17, 15) is 18.0 Å². The monoisotopic (exact) mass is 461 g/mol. The molecule has 4 heterocycles. The Balaban J connectivity index is 1.23. The van der Waals surface area contributed by atoms with Gasteiger partial charge in [0.1, 0.15) is 16.9 Å². The SMILES string of the molecule is O=C(c1ccc2nsnc2c1)N1CCN(c2ccc(-c3noc(C(F)(F)F)n3)cn2)CC1. The van der Waals surface area contributed by atoms with Gasteiger partial charge in [0, 0.05) is 43.5 Å². The van der Waals surface area contributed by atoms with Gasteiger partial charge in [-0.3, -0.25) is 4.79 Å². The molecule has 0 bridgehead atoms. The number of fused-ring (bicyclic) bond motifs is 1. The van der Waals surface area contributed by atoms with Gasteiger partial charge in [0.2, 0.25) is 5.82 Å². The van der Waals surface area contributed by atoms with Crippen LogP contribution in [-0.2, 0) is 6.18 Å². The predicted octanol–water partition coefficient (Wildman–Crippen LogP) is 3.12. The Morgan fingerprint density at radius 1 is 1.03 bits per heavy atom. The molecule has 0 N–H and O–H groups in total. The lowest BCUT2D eigenvalue weighted by Crippen LogP contribution is -2.49. The molecule has 1 amide bonds. The summed E-state index contributed by atoms with van der Waals surface area (Å²) in [5, 5.41) is 3.36. The molecule has 0 radical (unpaired) electrons. The third-order valence-electron chi connectivity index (χ3n) is 5.07. The molecule has 0 saturated carbocycles. The molecular formula is C19H14F3N7O2S. The van der Waals surface area contributed by atoms with Crippen molar-refractivity contribution in [2.45, 2.75) is 6.18 Å². The third kappa shape index (κ3) is 3.86. The Morgan fingerprint density at radius 2 is 1.81 bits per heavy atom. The summed E-state index contributed by atoms with van der Waals surface area (Å²) in [4.78, 5) is 24.3. The van der Waals surface area contributed by atoms with Crippen LogP contribution in [0, 0.1) is 0 Å². The summed E-state index contributed by atoms with van der Waals surface area (Å²) < 4.78 is 50.4. The highest BCUT2D eigenvalue weighted by Crippen LogP contribution is 2.29. The smallest absolute Gasteiger partial charge is 0.353 e. The number of benzene rings is 1. The van der Waals surface area contributed by atoms with Crippen LogP contribution in [0.5, 0.6) is 0 Å². The zero-order valence-corrected chi connectivity index (χ0v) is 17.1. The number of aromatic nitrogens is 5. The Morgan fingerprint density at radius 3 is 2.50 bits per heavy atom. The summed E-state index contributed by atoms with van der Waals surface area (Å²) in [7, 11) is 0. The molecule has 1 aromatic carbocycles. The summed E-state index contributed by atoms with van der Waals surface area (Å²) in [5.74, 6) is -1.00. The van der Waals surface area contributed by atoms with Crippen molar-refractivity contribution < 1.29 is 22.5 Å². The lowest BCUT2D eigenvalue weighted by Gasteiger charge is -2.35. The van der Waals surface area contributed by atoms with Crippen LogP contribution in [0.15, 0.2) is 41.1 Å². The zero-order valence-electron chi connectivity index (χ0n) is 16.3. The number of carbonyl (C=O) groups excluding carboxylic acids is 1. The molecule has 0 spiro atoms. The van der Waals surface area contributed by atoms with Crippen LogP contribution in [0.3, 0.4) is 0 Å². The Bertz CT molecular complexity index is 1260. The molecule has 13 heteroatoms. The lowest BCUT2D eigenvalue weighted by molar-refractivity contribution is -0.159. The van der Waals surface area contributed by atoms with Crippen LogP contribution >= 0.6 is 11.7 Å². The molecule has 0 unspecified atom stereocenters. The number of hydrogen-bond acceptors (Lipinski definition) is 9.